The van der Waals surface area contributed by atoms with Crippen LogP contribution < -0.4 is 5.49 Å². The number of aryl methyl sites for hydroxylation is 1. The zero-order valence-corrected chi connectivity index (χ0v) is 15.0. The van der Waals surface area contributed by atoms with E-state index in [1.807, 2.05) is 29.9 Å². The third kappa shape index (κ3) is 3.34. The van der Waals surface area contributed by atoms with Crippen LogP contribution in [0.25, 0.3) is 5.78 Å². The van der Waals surface area contributed by atoms with E-state index in [0.29, 0.717) is 28.1 Å². The molecule has 24 heavy (non-hydrogen) atoms. The van der Waals surface area contributed by atoms with Gasteiger partial charge in [0.15, 0.2) is 5.49 Å². The average Bonchev–Trinajstić information content (AvgIpc) is 2.97. The van der Waals surface area contributed by atoms with Crippen LogP contribution in [0.3, 0.4) is 0 Å². The van der Waals surface area contributed by atoms with E-state index in [-0.39, 0.29) is 5.91 Å². The smallest absolute Gasteiger partial charge is 0.244 e. The van der Waals surface area contributed by atoms with Crippen molar-refractivity contribution < 1.29 is 4.79 Å². The SMILES string of the molecule is CSc1nc2n(Cc3ccc(Cl)nc3)c(C)c/c(=N\C(C)=O)n2n1. The highest BCUT2D eigenvalue weighted by Crippen LogP contribution is 2.14. The third-order valence-corrected chi connectivity index (χ3v) is 4.14. The summed E-state index contributed by atoms with van der Waals surface area (Å²) in [7, 11) is 0. The van der Waals surface area contributed by atoms with Crippen molar-refractivity contribution >= 4 is 35.0 Å². The minimum Gasteiger partial charge on any atom is -0.310 e. The van der Waals surface area contributed by atoms with E-state index < -0.39 is 0 Å². The lowest BCUT2D eigenvalue weighted by Gasteiger charge is -2.12. The molecule has 124 valence electrons. The lowest BCUT2D eigenvalue weighted by Crippen LogP contribution is -2.23. The van der Waals surface area contributed by atoms with Crippen molar-refractivity contribution in [2.45, 2.75) is 25.5 Å². The van der Waals surface area contributed by atoms with Gasteiger partial charge in [-0.15, -0.1) is 5.10 Å². The van der Waals surface area contributed by atoms with E-state index in [4.69, 9.17) is 11.6 Å². The Morgan fingerprint density at radius 2 is 2.21 bits per heavy atom. The van der Waals surface area contributed by atoms with Gasteiger partial charge < -0.3 is 4.57 Å². The Bertz CT molecular complexity index is 976. The van der Waals surface area contributed by atoms with Gasteiger partial charge in [0.25, 0.3) is 0 Å². The van der Waals surface area contributed by atoms with E-state index in [2.05, 4.69) is 20.1 Å². The van der Waals surface area contributed by atoms with Crippen molar-refractivity contribution in [3.05, 3.63) is 46.3 Å². The number of nitrogens with zero attached hydrogens (tertiary/aromatic N) is 6. The molecule has 0 bridgehead atoms. The maximum absolute atomic E-state index is 11.4. The Hall–Kier alpha value is -2.19. The average molecular weight is 363 g/mol. The molecule has 9 heteroatoms. The number of pyridine rings is 1. The summed E-state index contributed by atoms with van der Waals surface area (Å²) >= 11 is 7.27. The molecule has 0 spiro atoms. The van der Waals surface area contributed by atoms with E-state index in [9.17, 15) is 4.79 Å². The van der Waals surface area contributed by atoms with Gasteiger partial charge in [-0.3, -0.25) is 4.79 Å². The second-order valence-corrected chi connectivity index (χ2v) is 6.32. The number of amides is 1. The van der Waals surface area contributed by atoms with Gasteiger partial charge >= 0.3 is 0 Å². The maximum Gasteiger partial charge on any atom is 0.244 e. The summed E-state index contributed by atoms with van der Waals surface area (Å²) in [5.41, 5.74) is 2.37. The summed E-state index contributed by atoms with van der Waals surface area (Å²) in [6.45, 7) is 3.91. The first-order chi connectivity index (χ1) is 11.5. The molecule has 0 saturated heterocycles. The highest BCUT2D eigenvalue weighted by Gasteiger charge is 2.12. The minimum absolute atomic E-state index is 0.281. The van der Waals surface area contributed by atoms with Gasteiger partial charge in [0.05, 0.1) is 6.54 Å². The highest BCUT2D eigenvalue weighted by molar-refractivity contribution is 7.98. The van der Waals surface area contributed by atoms with E-state index in [1.165, 1.54) is 18.7 Å². The molecule has 3 aromatic rings. The van der Waals surface area contributed by atoms with Gasteiger partial charge in [-0.25, -0.2) is 4.98 Å². The lowest BCUT2D eigenvalue weighted by atomic mass is 10.2. The van der Waals surface area contributed by atoms with Gasteiger partial charge in [-0.1, -0.05) is 29.4 Å². The van der Waals surface area contributed by atoms with Gasteiger partial charge in [0, 0.05) is 24.9 Å². The Morgan fingerprint density at radius 1 is 1.42 bits per heavy atom. The van der Waals surface area contributed by atoms with Gasteiger partial charge in [-0.2, -0.15) is 14.5 Å². The Morgan fingerprint density at radius 3 is 2.83 bits per heavy atom. The molecule has 1 amide bonds. The maximum atomic E-state index is 11.4. The predicted molar refractivity (Wildman–Crippen MR) is 92.1 cm³/mol. The predicted octanol–water partition coefficient (Wildman–Crippen LogP) is 2.11. The van der Waals surface area contributed by atoms with Gasteiger partial charge in [0.1, 0.15) is 5.15 Å². The summed E-state index contributed by atoms with van der Waals surface area (Å²) in [5.74, 6) is 0.339. The third-order valence-electron chi connectivity index (χ3n) is 3.38. The zero-order valence-electron chi connectivity index (χ0n) is 13.4. The van der Waals surface area contributed by atoms with Crippen LogP contribution in [-0.2, 0) is 11.3 Å². The molecule has 0 aliphatic rings. The number of carbonyl (C=O) groups excluding carboxylic acids is 1. The van der Waals surface area contributed by atoms with Crippen molar-refractivity contribution in [2.24, 2.45) is 4.99 Å². The van der Waals surface area contributed by atoms with Gasteiger partial charge in [0.2, 0.25) is 16.8 Å². The number of fused-ring (bicyclic) bond motifs is 1. The molecule has 0 aliphatic heterocycles. The molecular formula is C15H15ClN6OS. The fourth-order valence-corrected chi connectivity index (χ4v) is 2.75. The molecule has 0 fully saturated rings. The van der Waals surface area contributed by atoms with Crippen LogP contribution in [0.4, 0.5) is 0 Å². The normalized spacial score (nSPS) is 12.1. The molecule has 0 atom stereocenters. The number of halogens is 1. The topological polar surface area (TPSA) is 77.4 Å². The first-order valence-electron chi connectivity index (χ1n) is 7.15. The molecule has 3 aromatic heterocycles. The number of hydrogen-bond donors (Lipinski definition) is 0. The molecule has 3 rings (SSSR count). The summed E-state index contributed by atoms with van der Waals surface area (Å²) in [4.78, 5) is 24.1. The Labute approximate surface area is 147 Å². The van der Waals surface area contributed by atoms with Gasteiger partial charge in [-0.05, 0) is 24.8 Å². The van der Waals surface area contributed by atoms with Crippen LogP contribution in [0.5, 0.6) is 0 Å². The fourth-order valence-electron chi connectivity index (χ4n) is 2.30. The summed E-state index contributed by atoms with van der Waals surface area (Å²) in [5, 5.41) is 5.47. The molecule has 7 nitrogen and oxygen atoms in total. The molecule has 3 heterocycles. The zero-order chi connectivity index (χ0) is 17.3. The number of hydrogen-bond acceptors (Lipinski definition) is 5. The molecule has 0 radical (unpaired) electrons. The number of carbonyl (C=O) groups is 1. The first-order valence-corrected chi connectivity index (χ1v) is 8.75. The lowest BCUT2D eigenvalue weighted by molar-refractivity contribution is -0.116. The van der Waals surface area contributed by atoms with Crippen molar-refractivity contribution in [2.75, 3.05) is 6.26 Å². The monoisotopic (exact) mass is 362 g/mol. The minimum atomic E-state index is -0.281. The Kier molecular flexibility index (Phi) is 4.68. The first kappa shape index (κ1) is 16.7. The molecule has 0 unspecified atom stereocenters. The van der Waals surface area contributed by atoms with Crippen LogP contribution in [0, 0.1) is 6.92 Å². The van der Waals surface area contributed by atoms with Crippen molar-refractivity contribution in [3.63, 3.8) is 0 Å². The van der Waals surface area contributed by atoms with E-state index in [0.717, 1.165) is 11.3 Å². The second-order valence-electron chi connectivity index (χ2n) is 5.16. The highest BCUT2D eigenvalue weighted by atomic mass is 35.5. The molecule has 0 saturated carbocycles. The van der Waals surface area contributed by atoms with Crippen LogP contribution in [-0.4, -0.2) is 36.3 Å². The van der Waals surface area contributed by atoms with Crippen LogP contribution >= 0.6 is 23.4 Å². The molecular weight excluding hydrogens is 348 g/mol. The van der Waals surface area contributed by atoms with Crippen LogP contribution in [0.15, 0.2) is 34.5 Å². The molecule has 0 N–H and O–H groups in total. The largest absolute Gasteiger partial charge is 0.310 e. The summed E-state index contributed by atoms with van der Waals surface area (Å²) < 4.78 is 3.58. The van der Waals surface area contributed by atoms with Crippen LogP contribution in [0.2, 0.25) is 5.15 Å². The van der Waals surface area contributed by atoms with Crippen molar-refractivity contribution in [3.8, 4) is 0 Å². The number of aromatic nitrogens is 5. The number of thioether (sulfide) groups is 1. The number of rotatable bonds is 3. The van der Waals surface area contributed by atoms with Crippen molar-refractivity contribution in [1.82, 2.24) is 24.1 Å². The van der Waals surface area contributed by atoms with Crippen molar-refractivity contribution in [1.29, 1.82) is 0 Å². The van der Waals surface area contributed by atoms with Crippen LogP contribution in [0.1, 0.15) is 18.2 Å². The standard InChI is InChI=1S/C15H15ClN6OS/c1-9-6-13(18-10(2)23)22-15(19-14(20-22)24-3)21(9)8-11-4-5-12(16)17-7-11/h4-7H,8H2,1-3H3/b18-13+. The Balaban J connectivity index is 2.20. The summed E-state index contributed by atoms with van der Waals surface area (Å²) in [6.07, 6.45) is 3.63. The second kappa shape index (κ2) is 6.74. The fraction of sp³-hybridized carbons (Fsp3) is 0.267. The molecule has 0 aromatic carbocycles. The molecule has 0 aliphatic carbocycles. The van der Waals surface area contributed by atoms with E-state index in [1.54, 1.807) is 16.8 Å². The quantitative estimate of drug-likeness (QED) is 0.526. The van der Waals surface area contributed by atoms with E-state index >= 15 is 0 Å². The summed E-state index contributed by atoms with van der Waals surface area (Å²) in [6, 6.07) is 5.48.